The molecule has 0 saturated heterocycles. The summed E-state index contributed by atoms with van der Waals surface area (Å²) in [6.07, 6.45) is 0.792. The van der Waals surface area contributed by atoms with E-state index >= 15 is 0 Å². The molecule has 0 fully saturated rings. The first-order valence-corrected chi connectivity index (χ1v) is 6.81. The summed E-state index contributed by atoms with van der Waals surface area (Å²) >= 11 is 0. The number of nitrogens with zero attached hydrogens (tertiary/aromatic N) is 1. The number of furan rings is 1. The number of hydrogen-bond acceptors (Lipinski definition) is 5. The van der Waals surface area contributed by atoms with E-state index in [9.17, 15) is 10.1 Å². The molecule has 0 amide bonds. The van der Waals surface area contributed by atoms with Gasteiger partial charge in [0.1, 0.15) is 17.2 Å². The molecule has 6 nitrogen and oxygen atoms in total. The van der Waals surface area contributed by atoms with Crippen molar-refractivity contribution >= 4 is 11.4 Å². The molecule has 21 heavy (non-hydrogen) atoms. The lowest BCUT2D eigenvalue weighted by Crippen LogP contribution is -2.05. The van der Waals surface area contributed by atoms with Crippen LogP contribution in [0.3, 0.4) is 0 Å². The van der Waals surface area contributed by atoms with E-state index in [-0.39, 0.29) is 11.4 Å². The fourth-order valence-electron chi connectivity index (χ4n) is 1.94. The van der Waals surface area contributed by atoms with Crippen molar-refractivity contribution in [2.45, 2.75) is 26.8 Å². The SMILES string of the molecule is CCCOc1cccc(NCc2ccc(C)o2)c1[N+](=O)[O-]. The molecule has 1 aromatic heterocycles. The van der Waals surface area contributed by atoms with Crippen molar-refractivity contribution in [2.75, 3.05) is 11.9 Å². The number of anilines is 1. The second-order valence-electron chi connectivity index (χ2n) is 4.62. The van der Waals surface area contributed by atoms with Gasteiger partial charge in [-0.2, -0.15) is 0 Å². The molecular weight excluding hydrogens is 272 g/mol. The van der Waals surface area contributed by atoms with E-state index in [1.165, 1.54) is 0 Å². The average molecular weight is 290 g/mol. The molecule has 1 heterocycles. The van der Waals surface area contributed by atoms with E-state index in [1.54, 1.807) is 18.2 Å². The second kappa shape index (κ2) is 6.78. The van der Waals surface area contributed by atoms with E-state index in [1.807, 2.05) is 26.0 Å². The molecule has 1 aromatic carbocycles. The normalized spacial score (nSPS) is 10.4. The highest BCUT2D eigenvalue weighted by atomic mass is 16.6. The fourth-order valence-corrected chi connectivity index (χ4v) is 1.94. The Hall–Kier alpha value is -2.50. The molecule has 0 radical (unpaired) electrons. The van der Waals surface area contributed by atoms with Crippen LogP contribution in [0.1, 0.15) is 24.9 Å². The monoisotopic (exact) mass is 290 g/mol. The fraction of sp³-hybridized carbons (Fsp3) is 0.333. The maximum absolute atomic E-state index is 11.3. The van der Waals surface area contributed by atoms with Crippen molar-refractivity contribution in [3.63, 3.8) is 0 Å². The number of nitrogens with one attached hydrogen (secondary N) is 1. The van der Waals surface area contributed by atoms with E-state index in [0.29, 0.717) is 18.8 Å². The molecule has 0 atom stereocenters. The van der Waals surface area contributed by atoms with Gasteiger partial charge < -0.3 is 14.5 Å². The molecule has 2 aromatic rings. The molecular formula is C15H18N2O4. The summed E-state index contributed by atoms with van der Waals surface area (Å²) in [5.41, 5.74) is 0.372. The Kier molecular flexibility index (Phi) is 4.81. The minimum Gasteiger partial charge on any atom is -0.487 e. The Morgan fingerprint density at radius 3 is 2.76 bits per heavy atom. The lowest BCUT2D eigenvalue weighted by atomic mass is 10.2. The van der Waals surface area contributed by atoms with Gasteiger partial charge in [0.2, 0.25) is 0 Å². The molecule has 6 heteroatoms. The highest BCUT2D eigenvalue weighted by Crippen LogP contribution is 2.35. The highest BCUT2D eigenvalue weighted by molar-refractivity contribution is 5.68. The number of ether oxygens (including phenoxy) is 1. The Bertz CT molecular complexity index is 622. The van der Waals surface area contributed by atoms with E-state index in [2.05, 4.69) is 5.32 Å². The minimum atomic E-state index is -0.430. The molecule has 1 N–H and O–H groups in total. The first-order chi connectivity index (χ1) is 10.1. The van der Waals surface area contributed by atoms with Gasteiger partial charge >= 0.3 is 5.69 Å². The van der Waals surface area contributed by atoms with Gasteiger partial charge in [-0.3, -0.25) is 10.1 Å². The van der Waals surface area contributed by atoms with Gasteiger partial charge in [-0.05, 0) is 37.6 Å². The van der Waals surface area contributed by atoms with Crippen LogP contribution < -0.4 is 10.1 Å². The summed E-state index contributed by atoms with van der Waals surface area (Å²) in [6, 6.07) is 8.69. The van der Waals surface area contributed by atoms with Gasteiger partial charge in [0, 0.05) is 0 Å². The van der Waals surface area contributed by atoms with Gasteiger partial charge in [-0.15, -0.1) is 0 Å². The minimum absolute atomic E-state index is 0.0470. The molecule has 0 bridgehead atoms. The molecule has 0 saturated carbocycles. The van der Waals surface area contributed by atoms with Crippen molar-refractivity contribution in [2.24, 2.45) is 0 Å². The number of para-hydroxylation sites is 1. The second-order valence-corrected chi connectivity index (χ2v) is 4.62. The summed E-state index contributed by atoms with van der Waals surface area (Å²) in [6.45, 7) is 4.63. The molecule has 112 valence electrons. The summed E-state index contributed by atoms with van der Waals surface area (Å²) in [4.78, 5) is 10.9. The molecule has 0 aliphatic carbocycles. The zero-order chi connectivity index (χ0) is 15.2. The molecule has 0 aliphatic rings. The van der Waals surface area contributed by atoms with Crippen LogP contribution in [0.25, 0.3) is 0 Å². The van der Waals surface area contributed by atoms with Crippen LogP contribution in [-0.2, 0) is 6.54 Å². The lowest BCUT2D eigenvalue weighted by Gasteiger charge is -2.10. The number of nitro benzene ring substituents is 1. The van der Waals surface area contributed by atoms with Crippen molar-refractivity contribution in [1.82, 2.24) is 0 Å². The highest BCUT2D eigenvalue weighted by Gasteiger charge is 2.20. The predicted octanol–water partition coefficient (Wildman–Crippen LogP) is 3.90. The molecule has 2 rings (SSSR count). The van der Waals surface area contributed by atoms with Crippen LogP contribution in [-0.4, -0.2) is 11.5 Å². The van der Waals surface area contributed by atoms with Crippen LogP contribution in [0.5, 0.6) is 5.75 Å². The topological polar surface area (TPSA) is 77.5 Å². The Morgan fingerprint density at radius 2 is 2.14 bits per heavy atom. The van der Waals surface area contributed by atoms with Gasteiger partial charge in [-0.25, -0.2) is 0 Å². The Balaban J connectivity index is 2.19. The van der Waals surface area contributed by atoms with Crippen molar-refractivity contribution in [3.05, 3.63) is 52.0 Å². The average Bonchev–Trinajstić information content (AvgIpc) is 2.88. The van der Waals surface area contributed by atoms with Gasteiger partial charge in [0.05, 0.1) is 18.1 Å². The summed E-state index contributed by atoms with van der Waals surface area (Å²) < 4.78 is 10.9. The third-order valence-corrected chi connectivity index (χ3v) is 2.89. The number of nitro groups is 1. The van der Waals surface area contributed by atoms with Gasteiger partial charge in [0.15, 0.2) is 5.75 Å². The number of hydrogen-bond donors (Lipinski definition) is 1. The maximum Gasteiger partial charge on any atom is 0.333 e. The first kappa shape index (κ1) is 14.9. The third kappa shape index (κ3) is 3.75. The van der Waals surface area contributed by atoms with Crippen LogP contribution in [0, 0.1) is 17.0 Å². The van der Waals surface area contributed by atoms with Gasteiger partial charge in [-0.1, -0.05) is 13.0 Å². The van der Waals surface area contributed by atoms with Crippen molar-refractivity contribution in [3.8, 4) is 5.75 Å². The summed E-state index contributed by atoms with van der Waals surface area (Å²) in [7, 11) is 0. The van der Waals surface area contributed by atoms with Crippen LogP contribution >= 0.6 is 0 Å². The predicted molar refractivity (Wildman–Crippen MR) is 79.7 cm³/mol. The zero-order valence-corrected chi connectivity index (χ0v) is 12.1. The number of aryl methyl sites for hydroxylation is 1. The van der Waals surface area contributed by atoms with E-state index < -0.39 is 4.92 Å². The summed E-state index contributed by atoms with van der Waals surface area (Å²) in [5, 5.41) is 14.3. The third-order valence-electron chi connectivity index (χ3n) is 2.89. The van der Waals surface area contributed by atoms with Gasteiger partial charge in [0.25, 0.3) is 0 Å². The smallest absolute Gasteiger partial charge is 0.333 e. The van der Waals surface area contributed by atoms with Crippen LogP contribution in [0.2, 0.25) is 0 Å². The summed E-state index contributed by atoms with van der Waals surface area (Å²) in [5.74, 6) is 1.81. The lowest BCUT2D eigenvalue weighted by molar-refractivity contribution is -0.385. The van der Waals surface area contributed by atoms with Crippen LogP contribution in [0.15, 0.2) is 34.7 Å². The Morgan fingerprint density at radius 1 is 1.33 bits per heavy atom. The van der Waals surface area contributed by atoms with Crippen molar-refractivity contribution < 1.29 is 14.1 Å². The van der Waals surface area contributed by atoms with Crippen molar-refractivity contribution in [1.29, 1.82) is 0 Å². The maximum atomic E-state index is 11.3. The quantitative estimate of drug-likeness (QED) is 0.618. The van der Waals surface area contributed by atoms with E-state index in [4.69, 9.17) is 9.15 Å². The standard InChI is InChI=1S/C15H18N2O4/c1-3-9-20-14-6-4-5-13(15(14)17(18)19)16-10-12-8-7-11(2)21-12/h4-8,16H,3,9-10H2,1-2H3. The number of rotatable bonds is 7. The Labute approximate surface area is 122 Å². The van der Waals surface area contributed by atoms with E-state index in [0.717, 1.165) is 17.9 Å². The molecule has 0 spiro atoms. The largest absolute Gasteiger partial charge is 0.487 e. The zero-order valence-electron chi connectivity index (χ0n) is 12.1. The molecule has 0 unspecified atom stereocenters. The first-order valence-electron chi connectivity index (χ1n) is 6.81. The van der Waals surface area contributed by atoms with Crippen LogP contribution in [0.4, 0.5) is 11.4 Å². The number of benzene rings is 1. The molecule has 0 aliphatic heterocycles.